The molecule has 1 aromatic carbocycles. The number of guanidine groups is 1. The van der Waals surface area contributed by atoms with Crippen molar-refractivity contribution in [3.05, 3.63) is 29.8 Å². The molecule has 0 atom stereocenters. The third-order valence-electron chi connectivity index (χ3n) is 5.04. The van der Waals surface area contributed by atoms with Crippen molar-refractivity contribution >= 4 is 5.96 Å². The minimum atomic E-state index is -0.000960. The smallest absolute Gasteiger partial charge is 0.188 e. The molecule has 0 unspecified atom stereocenters. The van der Waals surface area contributed by atoms with E-state index < -0.39 is 0 Å². The van der Waals surface area contributed by atoms with E-state index in [4.69, 9.17) is 15.2 Å². The zero-order valence-corrected chi connectivity index (χ0v) is 15.7. The molecule has 0 aliphatic carbocycles. The standard InChI is InChI=1S/C20H33N3O2/c1-3-4-5-6-13-22-19(21)23-16-20(11-14-25-15-12-20)17-7-9-18(24-2)10-8-17/h7-10H,3-6,11-16H2,1-2H3,(H3,21,22,23). The Morgan fingerprint density at radius 2 is 1.92 bits per heavy atom. The van der Waals surface area contributed by atoms with E-state index in [0.717, 1.165) is 44.8 Å². The Hall–Kier alpha value is -1.75. The molecular weight excluding hydrogens is 314 g/mol. The molecular formula is C20H33N3O2. The quantitative estimate of drug-likeness (QED) is 0.409. The van der Waals surface area contributed by atoms with Crippen molar-refractivity contribution in [2.24, 2.45) is 10.7 Å². The van der Waals surface area contributed by atoms with Gasteiger partial charge in [0.25, 0.3) is 0 Å². The van der Waals surface area contributed by atoms with Gasteiger partial charge in [0.1, 0.15) is 5.75 Å². The Bertz CT molecular complexity index is 522. The van der Waals surface area contributed by atoms with Crippen molar-refractivity contribution in [2.45, 2.75) is 50.9 Å². The van der Waals surface area contributed by atoms with Crippen LogP contribution < -0.4 is 15.8 Å². The number of benzene rings is 1. The van der Waals surface area contributed by atoms with Gasteiger partial charge in [-0.25, -0.2) is 0 Å². The maximum absolute atomic E-state index is 6.08. The Labute approximate surface area is 152 Å². The Morgan fingerprint density at radius 1 is 1.20 bits per heavy atom. The molecule has 0 aromatic heterocycles. The fourth-order valence-corrected chi connectivity index (χ4v) is 3.31. The van der Waals surface area contributed by atoms with E-state index in [-0.39, 0.29) is 5.41 Å². The molecule has 1 aliphatic rings. The van der Waals surface area contributed by atoms with Crippen LogP contribution in [0.25, 0.3) is 0 Å². The van der Waals surface area contributed by atoms with Crippen molar-refractivity contribution in [3.8, 4) is 5.75 Å². The summed E-state index contributed by atoms with van der Waals surface area (Å²) in [5, 5.41) is 3.24. The second kappa shape index (κ2) is 10.3. The molecule has 140 valence electrons. The lowest BCUT2D eigenvalue weighted by Crippen LogP contribution is -2.39. The predicted molar refractivity (Wildman–Crippen MR) is 103 cm³/mol. The van der Waals surface area contributed by atoms with E-state index in [1.165, 1.54) is 24.8 Å². The highest BCUT2D eigenvalue weighted by Gasteiger charge is 2.34. The summed E-state index contributed by atoms with van der Waals surface area (Å²) in [5.74, 6) is 1.43. The first-order valence-corrected chi connectivity index (χ1v) is 9.46. The predicted octanol–water partition coefficient (Wildman–Crippen LogP) is 3.23. The lowest BCUT2D eigenvalue weighted by Gasteiger charge is -2.36. The van der Waals surface area contributed by atoms with E-state index in [2.05, 4.69) is 29.4 Å². The van der Waals surface area contributed by atoms with Gasteiger partial charge >= 0.3 is 0 Å². The van der Waals surface area contributed by atoms with Gasteiger partial charge in [-0.05, 0) is 37.0 Å². The van der Waals surface area contributed by atoms with Crippen LogP contribution >= 0.6 is 0 Å². The Balaban J connectivity index is 1.98. The molecule has 1 heterocycles. The molecule has 1 aliphatic heterocycles. The van der Waals surface area contributed by atoms with Gasteiger partial charge in [0, 0.05) is 25.2 Å². The van der Waals surface area contributed by atoms with Crippen LogP contribution in [0.3, 0.4) is 0 Å². The van der Waals surface area contributed by atoms with E-state index in [1.54, 1.807) is 7.11 Å². The van der Waals surface area contributed by atoms with Gasteiger partial charge in [-0.15, -0.1) is 0 Å². The number of methoxy groups -OCH3 is 1. The van der Waals surface area contributed by atoms with Gasteiger partial charge < -0.3 is 20.5 Å². The number of ether oxygens (including phenoxy) is 2. The Kier molecular flexibility index (Phi) is 8.06. The molecule has 5 heteroatoms. The van der Waals surface area contributed by atoms with Crippen LogP contribution in [-0.4, -0.2) is 39.4 Å². The zero-order valence-electron chi connectivity index (χ0n) is 15.7. The molecule has 25 heavy (non-hydrogen) atoms. The minimum absolute atomic E-state index is 0.000960. The molecule has 1 saturated heterocycles. The van der Waals surface area contributed by atoms with Crippen LogP contribution in [0, 0.1) is 0 Å². The molecule has 0 saturated carbocycles. The van der Waals surface area contributed by atoms with E-state index in [1.807, 2.05) is 12.1 Å². The minimum Gasteiger partial charge on any atom is -0.497 e. The highest BCUT2D eigenvalue weighted by Crippen LogP contribution is 2.36. The van der Waals surface area contributed by atoms with Gasteiger partial charge in [0.05, 0.1) is 13.7 Å². The first-order chi connectivity index (χ1) is 12.2. The van der Waals surface area contributed by atoms with Crippen LogP contribution in [0.5, 0.6) is 5.75 Å². The van der Waals surface area contributed by atoms with Crippen LogP contribution in [0.15, 0.2) is 29.3 Å². The summed E-state index contributed by atoms with van der Waals surface area (Å²) in [4.78, 5) is 4.65. The SMILES string of the molecule is CCCCCCNC(N)=NCC1(c2ccc(OC)cc2)CCOCC1. The molecule has 1 fully saturated rings. The van der Waals surface area contributed by atoms with Gasteiger partial charge in [-0.1, -0.05) is 38.3 Å². The molecule has 0 amide bonds. The van der Waals surface area contributed by atoms with Gasteiger partial charge in [-0.2, -0.15) is 0 Å². The largest absolute Gasteiger partial charge is 0.497 e. The van der Waals surface area contributed by atoms with Crippen molar-refractivity contribution in [3.63, 3.8) is 0 Å². The molecule has 3 N–H and O–H groups in total. The molecule has 0 radical (unpaired) electrons. The first kappa shape index (κ1) is 19.6. The fraction of sp³-hybridized carbons (Fsp3) is 0.650. The van der Waals surface area contributed by atoms with E-state index in [9.17, 15) is 0 Å². The molecule has 1 aromatic rings. The fourth-order valence-electron chi connectivity index (χ4n) is 3.31. The van der Waals surface area contributed by atoms with Crippen LogP contribution in [-0.2, 0) is 10.2 Å². The summed E-state index contributed by atoms with van der Waals surface area (Å²) in [5.41, 5.74) is 7.36. The maximum Gasteiger partial charge on any atom is 0.188 e. The summed E-state index contributed by atoms with van der Waals surface area (Å²) in [6, 6.07) is 8.33. The Morgan fingerprint density at radius 3 is 2.56 bits per heavy atom. The summed E-state index contributed by atoms with van der Waals surface area (Å²) >= 11 is 0. The van der Waals surface area contributed by atoms with Crippen LogP contribution in [0.4, 0.5) is 0 Å². The average molecular weight is 348 g/mol. The van der Waals surface area contributed by atoms with Crippen molar-refractivity contribution < 1.29 is 9.47 Å². The van der Waals surface area contributed by atoms with E-state index in [0.29, 0.717) is 12.5 Å². The summed E-state index contributed by atoms with van der Waals surface area (Å²) in [6.45, 7) is 5.35. The summed E-state index contributed by atoms with van der Waals surface area (Å²) in [7, 11) is 1.69. The third-order valence-corrected chi connectivity index (χ3v) is 5.04. The number of hydrogen-bond acceptors (Lipinski definition) is 3. The van der Waals surface area contributed by atoms with Crippen molar-refractivity contribution in [1.82, 2.24) is 5.32 Å². The molecule has 0 bridgehead atoms. The number of nitrogens with zero attached hydrogens (tertiary/aromatic N) is 1. The topological polar surface area (TPSA) is 68.9 Å². The van der Waals surface area contributed by atoms with Crippen LogP contribution in [0.1, 0.15) is 51.0 Å². The van der Waals surface area contributed by atoms with E-state index >= 15 is 0 Å². The third kappa shape index (κ3) is 5.92. The van der Waals surface area contributed by atoms with Gasteiger partial charge in [0.2, 0.25) is 0 Å². The lowest BCUT2D eigenvalue weighted by molar-refractivity contribution is 0.0531. The highest BCUT2D eigenvalue weighted by molar-refractivity contribution is 5.77. The maximum atomic E-state index is 6.08. The number of hydrogen-bond donors (Lipinski definition) is 2. The summed E-state index contributed by atoms with van der Waals surface area (Å²) in [6.07, 6.45) is 6.83. The van der Waals surface area contributed by atoms with Crippen molar-refractivity contribution in [2.75, 3.05) is 33.4 Å². The lowest BCUT2D eigenvalue weighted by atomic mass is 9.74. The molecule has 0 spiro atoms. The number of nitrogens with two attached hydrogens (primary N) is 1. The normalized spacial score (nSPS) is 17.3. The zero-order chi connectivity index (χ0) is 18.0. The first-order valence-electron chi connectivity index (χ1n) is 9.46. The summed E-state index contributed by atoms with van der Waals surface area (Å²) < 4.78 is 10.9. The van der Waals surface area contributed by atoms with Crippen LogP contribution in [0.2, 0.25) is 0 Å². The number of unbranched alkanes of at least 4 members (excludes halogenated alkanes) is 3. The number of rotatable bonds is 9. The monoisotopic (exact) mass is 347 g/mol. The number of aliphatic imine (C=N–C) groups is 1. The highest BCUT2D eigenvalue weighted by atomic mass is 16.5. The number of nitrogens with one attached hydrogen (secondary N) is 1. The average Bonchev–Trinajstić information content (AvgIpc) is 2.67. The van der Waals surface area contributed by atoms with Crippen molar-refractivity contribution in [1.29, 1.82) is 0 Å². The second-order valence-electron chi connectivity index (χ2n) is 6.81. The second-order valence-corrected chi connectivity index (χ2v) is 6.81. The molecule has 2 rings (SSSR count). The van der Waals surface area contributed by atoms with Gasteiger partial charge in [-0.3, -0.25) is 4.99 Å². The molecule has 5 nitrogen and oxygen atoms in total. The van der Waals surface area contributed by atoms with Gasteiger partial charge in [0.15, 0.2) is 5.96 Å².